The van der Waals surface area contributed by atoms with Crippen LogP contribution in [0.25, 0.3) is 0 Å². The van der Waals surface area contributed by atoms with Crippen molar-refractivity contribution in [3.63, 3.8) is 0 Å². The first-order chi connectivity index (χ1) is 8.54. The molecular weight excluding hydrogens is 262 g/mol. The molecule has 0 aliphatic heterocycles. The zero-order valence-electron chi connectivity index (χ0n) is 12.2. The standard InChI is InChI=1S/C14H23NO3S/c1-10-6-7-12(14(3,4)5)8-13(10)19(17,18)15-9-11(2)16/h6-8,11,15-16H,9H2,1-5H3/t11-/m0/s1. The maximum Gasteiger partial charge on any atom is 0.240 e. The van der Waals surface area contributed by atoms with Crippen LogP contribution in [-0.4, -0.2) is 26.2 Å². The Balaban J connectivity index is 3.19. The van der Waals surface area contributed by atoms with Crippen LogP contribution >= 0.6 is 0 Å². The van der Waals surface area contributed by atoms with Crippen molar-refractivity contribution in [2.75, 3.05) is 6.54 Å². The molecule has 0 aliphatic rings. The van der Waals surface area contributed by atoms with E-state index in [2.05, 4.69) is 4.72 Å². The van der Waals surface area contributed by atoms with Crippen LogP contribution in [0.2, 0.25) is 0 Å². The molecule has 0 saturated carbocycles. The van der Waals surface area contributed by atoms with Gasteiger partial charge in [-0.3, -0.25) is 0 Å². The van der Waals surface area contributed by atoms with Crippen LogP contribution in [-0.2, 0) is 15.4 Å². The summed E-state index contributed by atoms with van der Waals surface area (Å²) < 4.78 is 26.8. The predicted molar refractivity (Wildman–Crippen MR) is 76.7 cm³/mol. The molecule has 1 rings (SSSR count). The van der Waals surface area contributed by atoms with E-state index in [0.29, 0.717) is 5.56 Å². The smallest absolute Gasteiger partial charge is 0.240 e. The second-order valence-corrected chi connectivity index (χ2v) is 7.67. The van der Waals surface area contributed by atoms with Crippen molar-refractivity contribution < 1.29 is 13.5 Å². The highest BCUT2D eigenvalue weighted by Crippen LogP contribution is 2.26. The van der Waals surface area contributed by atoms with Crippen LogP contribution in [0.5, 0.6) is 0 Å². The Bertz CT molecular complexity index is 542. The Morgan fingerprint density at radius 3 is 2.37 bits per heavy atom. The number of aliphatic hydroxyl groups is 1. The van der Waals surface area contributed by atoms with Crippen molar-refractivity contribution in [1.29, 1.82) is 0 Å². The minimum Gasteiger partial charge on any atom is -0.392 e. The third kappa shape index (κ3) is 4.30. The summed E-state index contributed by atoms with van der Waals surface area (Å²) in [5.41, 5.74) is 1.56. The second-order valence-electron chi connectivity index (χ2n) is 5.93. The van der Waals surface area contributed by atoms with E-state index >= 15 is 0 Å². The Hall–Kier alpha value is -0.910. The fourth-order valence-corrected chi connectivity index (χ4v) is 3.05. The zero-order chi connectivity index (χ0) is 14.8. The van der Waals surface area contributed by atoms with E-state index in [1.807, 2.05) is 32.9 Å². The van der Waals surface area contributed by atoms with Gasteiger partial charge in [0.05, 0.1) is 11.0 Å². The first kappa shape index (κ1) is 16.1. The number of aryl methyl sites for hydroxylation is 1. The van der Waals surface area contributed by atoms with Gasteiger partial charge in [-0.1, -0.05) is 32.9 Å². The summed E-state index contributed by atoms with van der Waals surface area (Å²) in [5.74, 6) is 0. The van der Waals surface area contributed by atoms with Crippen molar-refractivity contribution in [3.05, 3.63) is 29.3 Å². The van der Waals surface area contributed by atoms with E-state index in [4.69, 9.17) is 0 Å². The molecule has 0 heterocycles. The number of benzene rings is 1. The van der Waals surface area contributed by atoms with Gasteiger partial charge in [0, 0.05) is 6.54 Å². The highest BCUT2D eigenvalue weighted by atomic mass is 32.2. The summed E-state index contributed by atoms with van der Waals surface area (Å²) in [6, 6.07) is 5.47. The summed E-state index contributed by atoms with van der Waals surface area (Å²) >= 11 is 0. The first-order valence-corrected chi connectivity index (χ1v) is 7.81. The van der Waals surface area contributed by atoms with Gasteiger partial charge < -0.3 is 5.11 Å². The molecule has 0 unspecified atom stereocenters. The zero-order valence-corrected chi connectivity index (χ0v) is 13.0. The Morgan fingerprint density at radius 1 is 1.32 bits per heavy atom. The number of sulfonamides is 1. The lowest BCUT2D eigenvalue weighted by Gasteiger charge is -2.21. The van der Waals surface area contributed by atoms with Crippen molar-refractivity contribution in [2.24, 2.45) is 0 Å². The number of aliphatic hydroxyl groups excluding tert-OH is 1. The summed E-state index contributed by atoms with van der Waals surface area (Å²) in [6.45, 7) is 9.44. The average molecular weight is 285 g/mol. The van der Waals surface area contributed by atoms with Crippen molar-refractivity contribution >= 4 is 10.0 Å². The summed E-state index contributed by atoms with van der Waals surface area (Å²) in [4.78, 5) is 0.278. The number of hydrogen-bond donors (Lipinski definition) is 2. The molecule has 1 aromatic rings. The summed E-state index contributed by atoms with van der Waals surface area (Å²) in [6.07, 6.45) is -0.708. The molecule has 0 spiro atoms. The highest BCUT2D eigenvalue weighted by Gasteiger charge is 2.21. The molecule has 4 nitrogen and oxygen atoms in total. The highest BCUT2D eigenvalue weighted by molar-refractivity contribution is 7.89. The first-order valence-electron chi connectivity index (χ1n) is 6.33. The van der Waals surface area contributed by atoms with Gasteiger partial charge in [-0.25, -0.2) is 13.1 Å². The third-order valence-corrected chi connectivity index (χ3v) is 4.48. The van der Waals surface area contributed by atoms with E-state index in [1.165, 1.54) is 0 Å². The maximum absolute atomic E-state index is 12.2. The lowest BCUT2D eigenvalue weighted by molar-refractivity contribution is 0.198. The molecule has 0 saturated heterocycles. The van der Waals surface area contributed by atoms with Gasteiger partial charge in [-0.2, -0.15) is 0 Å². The van der Waals surface area contributed by atoms with Crippen molar-refractivity contribution in [3.8, 4) is 0 Å². The number of rotatable bonds is 4. The molecular formula is C14H23NO3S. The average Bonchev–Trinajstić information content (AvgIpc) is 2.25. The molecule has 108 valence electrons. The van der Waals surface area contributed by atoms with Crippen LogP contribution in [0.3, 0.4) is 0 Å². The summed E-state index contributed by atoms with van der Waals surface area (Å²) in [7, 11) is -3.58. The van der Waals surface area contributed by atoms with Gasteiger partial charge in [0.15, 0.2) is 0 Å². The second kappa shape index (κ2) is 5.61. The number of nitrogens with one attached hydrogen (secondary N) is 1. The molecule has 0 amide bonds. The fourth-order valence-electron chi connectivity index (χ4n) is 1.66. The van der Waals surface area contributed by atoms with E-state index in [0.717, 1.165) is 5.56 Å². The largest absolute Gasteiger partial charge is 0.392 e. The molecule has 1 atom stereocenters. The Labute approximate surface area is 115 Å². The lowest BCUT2D eigenvalue weighted by atomic mass is 9.87. The van der Waals surface area contributed by atoms with E-state index in [-0.39, 0.29) is 16.9 Å². The lowest BCUT2D eigenvalue weighted by Crippen LogP contribution is -2.31. The Morgan fingerprint density at radius 2 is 1.89 bits per heavy atom. The van der Waals surface area contributed by atoms with Crippen LogP contribution in [0, 0.1) is 6.92 Å². The van der Waals surface area contributed by atoms with E-state index in [9.17, 15) is 13.5 Å². The molecule has 0 aromatic heterocycles. The van der Waals surface area contributed by atoms with Crippen LogP contribution in [0.1, 0.15) is 38.8 Å². The topological polar surface area (TPSA) is 66.4 Å². The van der Waals surface area contributed by atoms with Gasteiger partial charge in [-0.15, -0.1) is 0 Å². The van der Waals surface area contributed by atoms with Crippen LogP contribution in [0.4, 0.5) is 0 Å². The monoisotopic (exact) mass is 285 g/mol. The summed E-state index contributed by atoms with van der Waals surface area (Å²) in [5, 5.41) is 9.19. The predicted octanol–water partition coefficient (Wildman–Crippen LogP) is 1.95. The van der Waals surface area contributed by atoms with Gasteiger partial charge in [-0.05, 0) is 36.5 Å². The SMILES string of the molecule is Cc1ccc(C(C)(C)C)cc1S(=O)(=O)NC[C@H](C)O. The quantitative estimate of drug-likeness (QED) is 0.888. The van der Waals surface area contributed by atoms with Gasteiger partial charge in [0.25, 0.3) is 0 Å². The van der Waals surface area contributed by atoms with Crippen molar-refractivity contribution in [1.82, 2.24) is 4.72 Å². The van der Waals surface area contributed by atoms with Gasteiger partial charge >= 0.3 is 0 Å². The molecule has 0 radical (unpaired) electrons. The fraction of sp³-hybridized carbons (Fsp3) is 0.571. The van der Waals surface area contributed by atoms with Crippen LogP contribution in [0.15, 0.2) is 23.1 Å². The molecule has 0 aliphatic carbocycles. The molecule has 0 fully saturated rings. The van der Waals surface area contributed by atoms with E-state index in [1.54, 1.807) is 19.9 Å². The molecule has 1 aromatic carbocycles. The normalized spacial score (nSPS) is 14.4. The maximum atomic E-state index is 12.2. The molecule has 19 heavy (non-hydrogen) atoms. The molecule has 5 heteroatoms. The van der Waals surface area contributed by atoms with Gasteiger partial charge in [0.1, 0.15) is 0 Å². The minimum atomic E-state index is -3.58. The van der Waals surface area contributed by atoms with Crippen LogP contribution < -0.4 is 4.72 Å². The van der Waals surface area contributed by atoms with Gasteiger partial charge in [0.2, 0.25) is 10.0 Å². The Kier molecular flexibility index (Phi) is 4.76. The van der Waals surface area contributed by atoms with Crippen molar-refractivity contribution in [2.45, 2.75) is 51.0 Å². The third-order valence-electron chi connectivity index (χ3n) is 2.91. The molecule has 0 bridgehead atoms. The van der Waals surface area contributed by atoms with E-state index < -0.39 is 16.1 Å². The minimum absolute atomic E-state index is 0.0154. The molecule has 2 N–H and O–H groups in total. The number of hydrogen-bond acceptors (Lipinski definition) is 3.